The summed E-state index contributed by atoms with van der Waals surface area (Å²) in [6, 6.07) is 3.54. The molecule has 0 spiro atoms. The SMILES string of the molecule is NCCNC(=O)c1ccc(N2CCCC2)nn1. The molecule has 0 atom stereocenters. The Morgan fingerprint density at radius 3 is 2.71 bits per heavy atom. The van der Waals surface area contributed by atoms with Gasteiger partial charge >= 0.3 is 0 Å². The maximum Gasteiger partial charge on any atom is 0.271 e. The van der Waals surface area contributed by atoms with Gasteiger partial charge < -0.3 is 16.0 Å². The third kappa shape index (κ3) is 2.91. The van der Waals surface area contributed by atoms with E-state index in [4.69, 9.17) is 5.73 Å². The first-order valence-corrected chi connectivity index (χ1v) is 5.88. The summed E-state index contributed by atoms with van der Waals surface area (Å²) in [6.07, 6.45) is 2.39. The fourth-order valence-corrected chi connectivity index (χ4v) is 1.84. The third-order valence-corrected chi connectivity index (χ3v) is 2.74. The zero-order chi connectivity index (χ0) is 12.1. The molecule has 1 saturated heterocycles. The summed E-state index contributed by atoms with van der Waals surface area (Å²) in [5.41, 5.74) is 5.64. The molecule has 17 heavy (non-hydrogen) atoms. The van der Waals surface area contributed by atoms with Gasteiger partial charge in [-0.1, -0.05) is 0 Å². The van der Waals surface area contributed by atoms with Crippen molar-refractivity contribution < 1.29 is 4.79 Å². The van der Waals surface area contributed by atoms with E-state index in [1.807, 2.05) is 6.07 Å². The molecule has 2 rings (SSSR count). The van der Waals surface area contributed by atoms with E-state index < -0.39 is 0 Å². The second-order valence-electron chi connectivity index (χ2n) is 4.02. The molecule has 0 bridgehead atoms. The molecule has 1 amide bonds. The summed E-state index contributed by atoms with van der Waals surface area (Å²) in [4.78, 5) is 13.7. The molecule has 92 valence electrons. The summed E-state index contributed by atoms with van der Waals surface area (Å²) < 4.78 is 0. The predicted octanol–water partition coefficient (Wildman–Crippen LogP) is -0.235. The van der Waals surface area contributed by atoms with Gasteiger partial charge in [-0.3, -0.25) is 4.79 Å². The van der Waals surface area contributed by atoms with E-state index >= 15 is 0 Å². The van der Waals surface area contributed by atoms with Crippen molar-refractivity contribution in [2.75, 3.05) is 31.1 Å². The average molecular weight is 235 g/mol. The van der Waals surface area contributed by atoms with E-state index in [0.717, 1.165) is 18.9 Å². The van der Waals surface area contributed by atoms with Crippen LogP contribution in [-0.2, 0) is 0 Å². The number of hydrogen-bond acceptors (Lipinski definition) is 5. The molecule has 1 aliphatic heterocycles. The van der Waals surface area contributed by atoms with Crippen LogP contribution in [0.2, 0.25) is 0 Å². The monoisotopic (exact) mass is 235 g/mol. The lowest BCUT2D eigenvalue weighted by Crippen LogP contribution is -2.30. The van der Waals surface area contributed by atoms with Gasteiger partial charge in [-0.2, -0.15) is 0 Å². The minimum atomic E-state index is -0.226. The van der Waals surface area contributed by atoms with Gasteiger partial charge in [0, 0.05) is 26.2 Å². The largest absolute Gasteiger partial charge is 0.355 e. The maximum absolute atomic E-state index is 11.6. The highest BCUT2D eigenvalue weighted by Crippen LogP contribution is 2.16. The van der Waals surface area contributed by atoms with E-state index in [0.29, 0.717) is 18.8 Å². The Morgan fingerprint density at radius 1 is 1.35 bits per heavy atom. The van der Waals surface area contributed by atoms with Crippen LogP contribution in [0.1, 0.15) is 23.3 Å². The van der Waals surface area contributed by atoms with Crippen LogP contribution < -0.4 is 16.0 Å². The number of carbonyl (C=O) groups is 1. The zero-order valence-electron chi connectivity index (χ0n) is 9.72. The number of anilines is 1. The quantitative estimate of drug-likeness (QED) is 0.752. The van der Waals surface area contributed by atoms with Crippen molar-refractivity contribution in [2.45, 2.75) is 12.8 Å². The van der Waals surface area contributed by atoms with Crippen LogP contribution in [0.4, 0.5) is 5.82 Å². The minimum absolute atomic E-state index is 0.226. The summed E-state index contributed by atoms with van der Waals surface area (Å²) in [5, 5.41) is 10.7. The predicted molar refractivity (Wildman–Crippen MR) is 64.9 cm³/mol. The number of aromatic nitrogens is 2. The third-order valence-electron chi connectivity index (χ3n) is 2.74. The van der Waals surface area contributed by atoms with Gasteiger partial charge in [0.1, 0.15) is 0 Å². The molecule has 1 fully saturated rings. The molecule has 1 aromatic rings. The molecule has 2 heterocycles. The number of carbonyl (C=O) groups excluding carboxylic acids is 1. The van der Waals surface area contributed by atoms with Gasteiger partial charge in [0.2, 0.25) is 0 Å². The normalized spacial score (nSPS) is 15.0. The molecule has 0 unspecified atom stereocenters. The Morgan fingerprint density at radius 2 is 2.12 bits per heavy atom. The molecule has 0 saturated carbocycles. The fourth-order valence-electron chi connectivity index (χ4n) is 1.84. The van der Waals surface area contributed by atoms with Crippen LogP contribution in [0.25, 0.3) is 0 Å². The molecular weight excluding hydrogens is 218 g/mol. The molecule has 0 radical (unpaired) electrons. The molecule has 1 aromatic heterocycles. The number of hydrogen-bond donors (Lipinski definition) is 2. The molecule has 0 aliphatic carbocycles. The van der Waals surface area contributed by atoms with Crippen LogP contribution in [0, 0.1) is 0 Å². The van der Waals surface area contributed by atoms with Crippen LogP contribution in [0.5, 0.6) is 0 Å². The molecule has 6 heteroatoms. The average Bonchev–Trinajstić information content (AvgIpc) is 2.90. The summed E-state index contributed by atoms with van der Waals surface area (Å²) in [7, 11) is 0. The lowest BCUT2D eigenvalue weighted by molar-refractivity contribution is 0.0949. The first kappa shape index (κ1) is 11.8. The number of nitrogens with one attached hydrogen (secondary N) is 1. The van der Waals surface area contributed by atoms with Gasteiger partial charge in [-0.15, -0.1) is 10.2 Å². The maximum atomic E-state index is 11.6. The minimum Gasteiger partial charge on any atom is -0.355 e. The second kappa shape index (κ2) is 5.58. The van der Waals surface area contributed by atoms with Crippen molar-refractivity contribution in [1.82, 2.24) is 15.5 Å². The van der Waals surface area contributed by atoms with Crippen molar-refractivity contribution in [3.8, 4) is 0 Å². The first-order chi connectivity index (χ1) is 8.31. The molecule has 6 nitrogen and oxygen atoms in total. The van der Waals surface area contributed by atoms with E-state index in [-0.39, 0.29) is 5.91 Å². The summed E-state index contributed by atoms with van der Waals surface area (Å²) >= 11 is 0. The zero-order valence-corrected chi connectivity index (χ0v) is 9.72. The Hall–Kier alpha value is -1.69. The summed E-state index contributed by atoms with van der Waals surface area (Å²) in [5.74, 6) is 0.619. The number of amides is 1. The lowest BCUT2D eigenvalue weighted by Gasteiger charge is -2.15. The number of nitrogens with two attached hydrogens (primary N) is 1. The van der Waals surface area contributed by atoms with Crippen molar-refractivity contribution in [1.29, 1.82) is 0 Å². The molecular formula is C11H17N5O. The Labute approximate surface area is 100 Å². The lowest BCUT2D eigenvalue weighted by atomic mass is 10.3. The molecule has 0 aromatic carbocycles. The first-order valence-electron chi connectivity index (χ1n) is 5.88. The highest BCUT2D eigenvalue weighted by molar-refractivity contribution is 5.92. The smallest absolute Gasteiger partial charge is 0.271 e. The Kier molecular flexibility index (Phi) is 3.87. The Bertz CT molecular complexity index is 372. The standard InChI is InChI=1S/C11H17N5O/c12-5-6-13-11(17)9-3-4-10(15-14-9)16-7-1-2-8-16/h3-4H,1-2,5-8,12H2,(H,13,17). The highest BCUT2D eigenvalue weighted by atomic mass is 16.1. The molecule has 1 aliphatic rings. The van der Waals surface area contributed by atoms with Gasteiger partial charge in [-0.05, 0) is 25.0 Å². The van der Waals surface area contributed by atoms with Crippen molar-refractivity contribution in [3.05, 3.63) is 17.8 Å². The van der Waals surface area contributed by atoms with Crippen molar-refractivity contribution >= 4 is 11.7 Å². The number of nitrogens with zero attached hydrogens (tertiary/aromatic N) is 3. The van der Waals surface area contributed by atoms with Gasteiger partial charge in [0.25, 0.3) is 5.91 Å². The summed E-state index contributed by atoms with van der Waals surface area (Å²) in [6.45, 7) is 2.92. The van der Waals surface area contributed by atoms with Gasteiger partial charge in [0.05, 0.1) is 0 Å². The van der Waals surface area contributed by atoms with Gasteiger partial charge in [-0.25, -0.2) is 0 Å². The number of rotatable bonds is 4. The van der Waals surface area contributed by atoms with E-state index in [1.165, 1.54) is 12.8 Å². The van der Waals surface area contributed by atoms with Crippen molar-refractivity contribution in [2.24, 2.45) is 5.73 Å². The van der Waals surface area contributed by atoms with Crippen LogP contribution in [-0.4, -0.2) is 42.3 Å². The van der Waals surface area contributed by atoms with Crippen LogP contribution >= 0.6 is 0 Å². The van der Waals surface area contributed by atoms with E-state index in [1.54, 1.807) is 6.07 Å². The van der Waals surface area contributed by atoms with Crippen LogP contribution in [0.3, 0.4) is 0 Å². The molecule has 3 N–H and O–H groups in total. The topological polar surface area (TPSA) is 84.1 Å². The second-order valence-corrected chi connectivity index (χ2v) is 4.02. The highest BCUT2D eigenvalue weighted by Gasteiger charge is 2.14. The van der Waals surface area contributed by atoms with E-state index in [9.17, 15) is 4.79 Å². The van der Waals surface area contributed by atoms with E-state index in [2.05, 4.69) is 20.4 Å². The van der Waals surface area contributed by atoms with Crippen molar-refractivity contribution in [3.63, 3.8) is 0 Å². The fraction of sp³-hybridized carbons (Fsp3) is 0.545. The van der Waals surface area contributed by atoms with Gasteiger partial charge in [0.15, 0.2) is 11.5 Å². The van der Waals surface area contributed by atoms with Crippen LogP contribution in [0.15, 0.2) is 12.1 Å². The Balaban J connectivity index is 1.99.